The van der Waals surface area contributed by atoms with E-state index in [9.17, 15) is 0 Å². The van der Waals surface area contributed by atoms with Crippen LogP contribution < -0.4 is 5.32 Å². The highest BCUT2D eigenvalue weighted by Gasteiger charge is 2.24. The Morgan fingerprint density at radius 3 is 2.42 bits per heavy atom. The van der Waals surface area contributed by atoms with Crippen molar-refractivity contribution in [3.63, 3.8) is 0 Å². The number of rotatable bonds is 2. The molecule has 19 heavy (non-hydrogen) atoms. The molecule has 3 rings (SSSR count). The molecular formula is C17H26N2. The third-order valence-corrected chi connectivity index (χ3v) is 4.84. The molecule has 2 aliphatic rings. The van der Waals surface area contributed by atoms with Crippen molar-refractivity contribution in [2.24, 2.45) is 0 Å². The lowest BCUT2D eigenvalue weighted by molar-refractivity contribution is 0.254. The first-order valence-corrected chi connectivity index (χ1v) is 7.85. The highest BCUT2D eigenvalue weighted by atomic mass is 15.1. The van der Waals surface area contributed by atoms with Gasteiger partial charge in [-0.05, 0) is 69.4 Å². The second-order valence-electron chi connectivity index (χ2n) is 6.21. The van der Waals surface area contributed by atoms with Crippen molar-refractivity contribution in [2.75, 3.05) is 26.7 Å². The first kappa shape index (κ1) is 13.1. The first-order valence-electron chi connectivity index (χ1n) is 7.85. The van der Waals surface area contributed by atoms with E-state index in [1.54, 1.807) is 11.1 Å². The minimum absolute atomic E-state index is 0.601. The van der Waals surface area contributed by atoms with E-state index in [1.165, 1.54) is 51.7 Å². The van der Waals surface area contributed by atoms with Crippen LogP contribution in [-0.4, -0.2) is 31.6 Å². The number of nitrogens with one attached hydrogen (secondary N) is 1. The maximum absolute atomic E-state index is 3.71. The SMILES string of the molecule is CN1CCC(c2ccccc2C2CCCCN2)CC1. The van der Waals surface area contributed by atoms with Crippen molar-refractivity contribution in [1.82, 2.24) is 10.2 Å². The average molecular weight is 258 g/mol. The third kappa shape index (κ3) is 3.01. The Balaban J connectivity index is 1.80. The van der Waals surface area contributed by atoms with Crippen LogP contribution in [0.25, 0.3) is 0 Å². The second-order valence-corrected chi connectivity index (χ2v) is 6.21. The zero-order valence-corrected chi connectivity index (χ0v) is 12.1. The molecule has 2 saturated heterocycles. The van der Waals surface area contributed by atoms with Crippen molar-refractivity contribution in [2.45, 2.75) is 44.1 Å². The van der Waals surface area contributed by atoms with Gasteiger partial charge in [-0.1, -0.05) is 30.7 Å². The van der Waals surface area contributed by atoms with Gasteiger partial charge >= 0.3 is 0 Å². The zero-order chi connectivity index (χ0) is 13.1. The van der Waals surface area contributed by atoms with Crippen LogP contribution in [0.15, 0.2) is 24.3 Å². The van der Waals surface area contributed by atoms with E-state index < -0.39 is 0 Å². The minimum Gasteiger partial charge on any atom is -0.310 e. The number of nitrogens with zero attached hydrogens (tertiary/aromatic N) is 1. The van der Waals surface area contributed by atoms with Crippen LogP contribution in [0.4, 0.5) is 0 Å². The molecule has 2 nitrogen and oxygen atoms in total. The number of piperidine rings is 2. The van der Waals surface area contributed by atoms with Gasteiger partial charge in [0.15, 0.2) is 0 Å². The Hall–Kier alpha value is -0.860. The number of hydrogen-bond donors (Lipinski definition) is 1. The maximum Gasteiger partial charge on any atom is 0.0323 e. The molecule has 1 atom stereocenters. The summed E-state index contributed by atoms with van der Waals surface area (Å²) in [5, 5.41) is 3.71. The van der Waals surface area contributed by atoms with Gasteiger partial charge in [0.05, 0.1) is 0 Å². The molecule has 1 N–H and O–H groups in total. The summed E-state index contributed by atoms with van der Waals surface area (Å²) >= 11 is 0. The number of benzene rings is 1. The van der Waals surface area contributed by atoms with Crippen LogP contribution in [0.3, 0.4) is 0 Å². The summed E-state index contributed by atoms with van der Waals surface area (Å²) in [6, 6.07) is 9.77. The molecule has 0 spiro atoms. The van der Waals surface area contributed by atoms with Gasteiger partial charge in [-0.15, -0.1) is 0 Å². The molecule has 0 radical (unpaired) electrons. The molecule has 104 valence electrons. The smallest absolute Gasteiger partial charge is 0.0323 e. The quantitative estimate of drug-likeness (QED) is 0.875. The van der Waals surface area contributed by atoms with Gasteiger partial charge in [-0.2, -0.15) is 0 Å². The molecule has 0 saturated carbocycles. The predicted molar refractivity (Wildman–Crippen MR) is 80.5 cm³/mol. The van der Waals surface area contributed by atoms with Crippen molar-refractivity contribution in [3.05, 3.63) is 35.4 Å². The Morgan fingerprint density at radius 1 is 1.00 bits per heavy atom. The van der Waals surface area contributed by atoms with Crippen molar-refractivity contribution < 1.29 is 0 Å². The van der Waals surface area contributed by atoms with Crippen LogP contribution in [0.5, 0.6) is 0 Å². The molecule has 1 unspecified atom stereocenters. The number of likely N-dealkylation sites (tertiary alicyclic amines) is 1. The molecule has 1 aromatic carbocycles. The second kappa shape index (κ2) is 6.06. The summed E-state index contributed by atoms with van der Waals surface area (Å²) < 4.78 is 0. The van der Waals surface area contributed by atoms with E-state index in [4.69, 9.17) is 0 Å². The summed E-state index contributed by atoms with van der Waals surface area (Å²) in [5.41, 5.74) is 3.20. The summed E-state index contributed by atoms with van der Waals surface area (Å²) in [6.45, 7) is 3.68. The molecular weight excluding hydrogens is 232 g/mol. The Morgan fingerprint density at radius 2 is 1.74 bits per heavy atom. The van der Waals surface area contributed by atoms with Gasteiger partial charge in [-0.3, -0.25) is 0 Å². The van der Waals surface area contributed by atoms with E-state index in [2.05, 4.69) is 41.5 Å². The Bertz CT molecular complexity index is 401. The van der Waals surface area contributed by atoms with Crippen molar-refractivity contribution in [3.8, 4) is 0 Å². The van der Waals surface area contributed by atoms with Gasteiger partial charge < -0.3 is 10.2 Å². The standard InChI is InChI=1S/C17H26N2/c1-19-12-9-14(10-13-19)15-6-2-3-7-16(15)17-8-4-5-11-18-17/h2-3,6-7,14,17-18H,4-5,8-13H2,1H3. The van der Waals surface area contributed by atoms with Crippen LogP contribution in [0.2, 0.25) is 0 Å². The molecule has 0 aromatic heterocycles. The van der Waals surface area contributed by atoms with Crippen LogP contribution in [0.1, 0.15) is 55.2 Å². The lowest BCUT2D eigenvalue weighted by Gasteiger charge is -2.33. The normalized spacial score (nSPS) is 26.5. The Kier molecular flexibility index (Phi) is 4.19. The fourth-order valence-corrected chi connectivity index (χ4v) is 3.64. The summed E-state index contributed by atoms with van der Waals surface area (Å²) in [7, 11) is 2.24. The largest absolute Gasteiger partial charge is 0.310 e. The van der Waals surface area contributed by atoms with Crippen LogP contribution in [0, 0.1) is 0 Å². The molecule has 1 aromatic rings. The van der Waals surface area contributed by atoms with Gasteiger partial charge in [0.2, 0.25) is 0 Å². The lowest BCUT2D eigenvalue weighted by Crippen LogP contribution is -2.31. The van der Waals surface area contributed by atoms with Gasteiger partial charge in [0, 0.05) is 6.04 Å². The molecule has 0 amide bonds. The molecule has 2 heterocycles. The summed E-state index contributed by atoms with van der Waals surface area (Å²) in [6.07, 6.45) is 6.66. The fourth-order valence-electron chi connectivity index (χ4n) is 3.64. The lowest BCUT2D eigenvalue weighted by atomic mass is 9.83. The highest BCUT2D eigenvalue weighted by molar-refractivity contribution is 5.33. The average Bonchev–Trinajstić information content (AvgIpc) is 2.49. The van der Waals surface area contributed by atoms with Gasteiger partial charge in [0.25, 0.3) is 0 Å². The van der Waals surface area contributed by atoms with Crippen molar-refractivity contribution in [1.29, 1.82) is 0 Å². The first-order chi connectivity index (χ1) is 9.34. The third-order valence-electron chi connectivity index (χ3n) is 4.84. The fraction of sp³-hybridized carbons (Fsp3) is 0.647. The molecule has 0 aliphatic carbocycles. The zero-order valence-electron chi connectivity index (χ0n) is 12.1. The number of hydrogen-bond acceptors (Lipinski definition) is 2. The maximum atomic E-state index is 3.71. The monoisotopic (exact) mass is 258 g/mol. The Labute approximate surface area is 117 Å². The molecule has 2 aliphatic heterocycles. The van der Waals surface area contributed by atoms with Crippen LogP contribution >= 0.6 is 0 Å². The molecule has 2 heteroatoms. The van der Waals surface area contributed by atoms with Crippen LogP contribution in [-0.2, 0) is 0 Å². The highest BCUT2D eigenvalue weighted by Crippen LogP contribution is 2.34. The van der Waals surface area contributed by atoms with Gasteiger partial charge in [-0.25, -0.2) is 0 Å². The summed E-state index contributed by atoms with van der Waals surface area (Å²) in [5.74, 6) is 0.774. The van der Waals surface area contributed by atoms with Crippen molar-refractivity contribution >= 4 is 0 Å². The van der Waals surface area contributed by atoms with E-state index in [-0.39, 0.29) is 0 Å². The van der Waals surface area contributed by atoms with E-state index in [0.717, 1.165) is 5.92 Å². The van der Waals surface area contributed by atoms with E-state index in [1.807, 2.05) is 0 Å². The molecule has 0 bridgehead atoms. The van der Waals surface area contributed by atoms with E-state index in [0.29, 0.717) is 6.04 Å². The minimum atomic E-state index is 0.601. The molecule has 2 fully saturated rings. The van der Waals surface area contributed by atoms with E-state index >= 15 is 0 Å². The summed E-state index contributed by atoms with van der Waals surface area (Å²) in [4.78, 5) is 2.46. The van der Waals surface area contributed by atoms with Gasteiger partial charge in [0.1, 0.15) is 0 Å². The topological polar surface area (TPSA) is 15.3 Å². The predicted octanol–water partition coefficient (Wildman–Crippen LogP) is 3.31.